The number of hydrogen-bond acceptors (Lipinski definition) is 5. The highest BCUT2D eigenvalue weighted by atomic mass is 32.1. The third-order valence-corrected chi connectivity index (χ3v) is 5.76. The first-order valence-corrected chi connectivity index (χ1v) is 9.99. The van der Waals surface area contributed by atoms with E-state index in [0.717, 1.165) is 41.2 Å². The summed E-state index contributed by atoms with van der Waals surface area (Å²) in [4.78, 5) is 19.6. The van der Waals surface area contributed by atoms with E-state index in [9.17, 15) is 4.79 Å². The quantitative estimate of drug-likeness (QED) is 0.714. The van der Waals surface area contributed by atoms with Crippen LogP contribution in [0.2, 0.25) is 0 Å². The zero-order chi connectivity index (χ0) is 19.5. The van der Waals surface area contributed by atoms with Crippen LogP contribution in [0, 0.1) is 0 Å². The summed E-state index contributed by atoms with van der Waals surface area (Å²) >= 11 is 1.54. The number of thiazole rings is 1. The minimum absolute atomic E-state index is 0.385. The molecule has 1 aliphatic rings. The number of nitrogens with zero attached hydrogens (tertiary/aromatic N) is 3. The third-order valence-electron chi connectivity index (χ3n) is 4.85. The molecule has 0 aliphatic carbocycles. The molecule has 1 fully saturated rings. The molecule has 2 heterocycles. The van der Waals surface area contributed by atoms with E-state index >= 15 is 0 Å². The van der Waals surface area contributed by atoms with Crippen molar-refractivity contribution < 1.29 is 9.53 Å². The Balaban J connectivity index is 1.32. The summed E-state index contributed by atoms with van der Waals surface area (Å²) in [5, 5.41) is 0.651. The number of primary amides is 1. The van der Waals surface area contributed by atoms with Crippen LogP contribution in [-0.2, 0) is 6.42 Å². The number of para-hydroxylation sites is 1. The maximum absolute atomic E-state index is 11.3. The number of ether oxygens (including phenoxy) is 1. The van der Waals surface area contributed by atoms with Crippen molar-refractivity contribution in [1.29, 1.82) is 0 Å². The normalized spacial score (nSPS) is 14.5. The summed E-state index contributed by atoms with van der Waals surface area (Å²) in [6.07, 6.45) is 0.900. The van der Waals surface area contributed by atoms with Crippen molar-refractivity contribution in [3.05, 3.63) is 66.4 Å². The standard InChI is InChI=1S/C21H22N4O2S/c1-15-14-25(20(22)26)13-12-24(15)11-10-16-6-8-17(9-7-16)27-21-23-18-4-2-3-5-19(18)28-21/h2-9H,1,10-14H2,(H2,22,26). The van der Waals surface area contributed by atoms with Gasteiger partial charge in [-0.15, -0.1) is 0 Å². The number of piperazine rings is 1. The van der Waals surface area contributed by atoms with E-state index in [1.54, 1.807) is 16.2 Å². The van der Waals surface area contributed by atoms with Gasteiger partial charge in [0.25, 0.3) is 5.19 Å². The van der Waals surface area contributed by atoms with Gasteiger partial charge in [0.15, 0.2) is 0 Å². The summed E-state index contributed by atoms with van der Waals surface area (Å²) in [6.45, 7) is 6.85. The lowest BCUT2D eigenvalue weighted by Gasteiger charge is -2.37. The fraction of sp³-hybridized carbons (Fsp3) is 0.238. The van der Waals surface area contributed by atoms with E-state index in [1.165, 1.54) is 5.56 Å². The minimum Gasteiger partial charge on any atom is -0.431 e. The zero-order valence-corrected chi connectivity index (χ0v) is 16.3. The Labute approximate surface area is 167 Å². The van der Waals surface area contributed by atoms with Crippen LogP contribution in [0.3, 0.4) is 0 Å². The van der Waals surface area contributed by atoms with E-state index in [-0.39, 0.29) is 6.03 Å². The molecule has 6 nitrogen and oxygen atoms in total. The average Bonchev–Trinajstić information content (AvgIpc) is 3.10. The van der Waals surface area contributed by atoms with Crippen LogP contribution in [0.5, 0.6) is 10.9 Å². The number of urea groups is 1. The fourth-order valence-corrected chi connectivity index (χ4v) is 4.08. The van der Waals surface area contributed by atoms with Gasteiger partial charge in [0.05, 0.1) is 16.8 Å². The topological polar surface area (TPSA) is 71.7 Å². The van der Waals surface area contributed by atoms with E-state index in [4.69, 9.17) is 10.5 Å². The number of rotatable bonds is 5. The summed E-state index contributed by atoms with van der Waals surface area (Å²) in [5.41, 5.74) is 8.45. The van der Waals surface area contributed by atoms with Crippen molar-refractivity contribution in [2.24, 2.45) is 5.73 Å². The molecule has 0 unspecified atom stereocenters. The van der Waals surface area contributed by atoms with E-state index < -0.39 is 0 Å². The summed E-state index contributed by atoms with van der Waals surface area (Å²) in [5.74, 6) is 0.780. The number of hydrogen-bond donors (Lipinski definition) is 1. The van der Waals surface area contributed by atoms with Gasteiger partial charge in [0.1, 0.15) is 5.75 Å². The lowest BCUT2D eigenvalue weighted by Crippen LogP contribution is -2.49. The van der Waals surface area contributed by atoms with Crippen LogP contribution in [0.1, 0.15) is 5.56 Å². The molecule has 1 aromatic heterocycles. The fourth-order valence-electron chi connectivity index (χ4n) is 3.24. The molecule has 0 atom stereocenters. The maximum atomic E-state index is 11.3. The van der Waals surface area contributed by atoms with Gasteiger partial charge in [-0.25, -0.2) is 9.78 Å². The molecule has 0 spiro atoms. The van der Waals surface area contributed by atoms with Crippen LogP contribution in [-0.4, -0.2) is 47.0 Å². The number of carbonyl (C=O) groups is 1. The molecule has 144 valence electrons. The molecule has 1 saturated heterocycles. The number of nitrogens with two attached hydrogens (primary N) is 1. The van der Waals surface area contributed by atoms with E-state index in [2.05, 4.69) is 28.6 Å². The molecule has 2 aromatic carbocycles. The predicted octanol–water partition coefficient (Wildman–Crippen LogP) is 3.84. The second-order valence-corrected chi connectivity index (χ2v) is 7.75. The van der Waals surface area contributed by atoms with Gasteiger partial charge in [-0.1, -0.05) is 42.2 Å². The van der Waals surface area contributed by atoms with Gasteiger partial charge in [-0.2, -0.15) is 0 Å². The number of amides is 2. The van der Waals surface area contributed by atoms with Gasteiger partial charge < -0.3 is 20.3 Å². The Kier molecular flexibility index (Phi) is 5.16. The van der Waals surface area contributed by atoms with Crippen molar-refractivity contribution >= 4 is 27.6 Å². The predicted molar refractivity (Wildman–Crippen MR) is 112 cm³/mol. The van der Waals surface area contributed by atoms with Gasteiger partial charge in [0, 0.05) is 25.3 Å². The highest BCUT2D eigenvalue weighted by molar-refractivity contribution is 7.20. The zero-order valence-electron chi connectivity index (χ0n) is 15.5. The monoisotopic (exact) mass is 394 g/mol. The van der Waals surface area contributed by atoms with Gasteiger partial charge >= 0.3 is 6.03 Å². The summed E-state index contributed by atoms with van der Waals surface area (Å²) in [7, 11) is 0. The van der Waals surface area contributed by atoms with Crippen LogP contribution >= 0.6 is 11.3 Å². The lowest BCUT2D eigenvalue weighted by atomic mass is 10.1. The largest absolute Gasteiger partial charge is 0.431 e. The van der Waals surface area contributed by atoms with Crippen LogP contribution in [0.4, 0.5) is 4.79 Å². The first-order chi connectivity index (χ1) is 13.6. The number of carbonyl (C=O) groups excluding carboxylic acids is 1. The van der Waals surface area contributed by atoms with Gasteiger partial charge in [-0.3, -0.25) is 0 Å². The third kappa shape index (κ3) is 4.09. The number of fused-ring (bicyclic) bond motifs is 1. The first kappa shape index (κ1) is 18.3. The van der Waals surface area contributed by atoms with Crippen LogP contribution < -0.4 is 10.5 Å². The summed E-state index contributed by atoms with van der Waals surface area (Å²) < 4.78 is 7.01. The molecule has 0 radical (unpaired) electrons. The Bertz CT molecular complexity index is 966. The van der Waals surface area contributed by atoms with Gasteiger partial charge in [0.2, 0.25) is 0 Å². The number of aromatic nitrogens is 1. The van der Waals surface area contributed by atoms with Gasteiger partial charge in [-0.05, 0) is 36.2 Å². The Morgan fingerprint density at radius 2 is 1.96 bits per heavy atom. The molecule has 7 heteroatoms. The summed E-state index contributed by atoms with van der Waals surface area (Å²) in [6, 6.07) is 15.7. The highest BCUT2D eigenvalue weighted by Gasteiger charge is 2.21. The maximum Gasteiger partial charge on any atom is 0.315 e. The first-order valence-electron chi connectivity index (χ1n) is 9.18. The molecular weight excluding hydrogens is 372 g/mol. The van der Waals surface area contributed by atoms with E-state index in [1.807, 2.05) is 36.4 Å². The molecule has 28 heavy (non-hydrogen) atoms. The molecule has 4 rings (SSSR count). The molecular formula is C21H22N4O2S. The average molecular weight is 395 g/mol. The van der Waals surface area contributed by atoms with Crippen LogP contribution in [0.25, 0.3) is 10.2 Å². The van der Waals surface area contributed by atoms with Crippen molar-refractivity contribution in [3.63, 3.8) is 0 Å². The molecule has 0 bridgehead atoms. The van der Waals surface area contributed by atoms with Crippen molar-refractivity contribution in [2.75, 3.05) is 26.2 Å². The second kappa shape index (κ2) is 7.90. The molecule has 1 aliphatic heterocycles. The van der Waals surface area contributed by atoms with Crippen LogP contribution in [0.15, 0.2) is 60.8 Å². The SMILES string of the molecule is C=C1CN(C(N)=O)CCN1CCc1ccc(Oc2nc3ccccc3s2)cc1. The van der Waals surface area contributed by atoms with E-state index in [0.29, 0.717) is 18.3 Å². The van der Waals surface area contributed by atoms with Crippen molar-refractivity contribution in [3.8, 4) is 10.9 Å². The smallest absolute Gasteiger partial charge is 0.315 e. The number of benzene rings is 2. The Morgan fingerprint density at radius 3 is 2.68 bits per heavy atom. The van der Waals surface area contributed by atoms with Crippen molar-refractivity contribution in [2.45, 2.75) is 6.42 Å². The minimum atomic E-state index is -0.385. The highest BCUT2D eigenvalue weighted by Crippen LogP contribution is 2.31. The molecule has 2 amide bonds. The Morgan fingerprint density at radius 1 is 1.18 bits per heavy atom. The molecule has 3 aromatic rings. The Hall–Kier alpha value is -3.06. The molecule has 2 N–H and O–H groups in total. The van der Waals surface area contributed by atoms with Crippen molar-refractivity contribution in [1.82, 2.24) is 14.8 Å². The molecule has 0 saturated carbocycles. The lowest BCUT2D eigenvalue weighted by molar-refractivity contribution is 0.176. The second-order valence-electron chi connectivity index (χ2n) is 6.76.